The van der Waals surface area contributed by atoms with E-state index >= 15 is 0 Å². The number of thiophene rings is 1. The lowest BCUT2D eigenvalue weighted by Gasteiger charge is -2.28. The zero-order chi connectivity index (χ0) is 33.7. The summed E-state index contributed by atoms with van der Waals surface area (Å²) < 4.78 is 2.54. The van der Waals surface area contributed by atoms with Crippen LogP contribution in [-0.4, -0.2) is 0 Å². The topological polar surface area (TPSA) is 6.48 Å². The highest BCUT2D eigenvalue weighted by Gasteiger charge is 2.23. The van der Waals surface area contributed by atoms with Crippen LogP contribution >= 0.6 is 11.3 Å². The highest BCUT2D eigenvalue weighted by Crippen LogP contribution is 2.51. The highest BCUT2D eigenvalue weighted by molar-refractivity contribution is 7.26. The van der Waals surface area contributed by atoms with Gasteiger partial charge in [-0.15, -0.1) is 11.3 Å². The molecule has 10 rings (SSSR count). The molecule has 1 aromatic heterocycles. The van der Waals surface area contributed by atoms with Crippen LogP contribution in [0, 0.1) is 0 Å². The van der Waals surface area contributed by atoms with Gasteiger partial charge in [-0.2, -0.15) is 0 Å². The molecule has 0 bridgehead atoms. The first kappa shape index (κ1) is 29.5. The van der Waals surface area contributed by atoms with Crippen LogP contribution in [0.15, 0.2) is 194 Å². The van der Waals surface area contributed by atoms with Crippen molar-refractivity contribution in [3.63, 3.8) is 0 Å². The van der Waals surface area contributed by atoms with Gasteiger partial charge in [-0.25, -0.2) is 0 Å². The van der Waals surface area contributed by atoms with Crippen LogP contribution in [0.5, 0.6) is 0 Å². The van der Waals surface area contributed by atoms with Crippen LogP contribution in [0.2, 0.25) is 0 Å². The summed E-state index contributed by atoms with van der Waals surface area (Å²) in [6.07, 6.45) is 0. The van der Waals surface area contributed by atoms with E-state index in [9.17, 15) is 0 Å². The minimum absolute atomic E-state index is 1.13. The maximum Gasteiger partial charge on any atom is 0.0718 e. The average molecular weight is 669 g/mol. The van der Waals surface area contributed by atoms with Gasteiger partial charge in [0, 0.05) is 48.7 Å². The van der Waals surface area contributed by atoms with Gasteiger partial charge in [0.1, 0.15) is 0 Å². The fourth-order valence-corrected chi connectivity index (χ4v) is 8.89. The van der Waals surface area contributed by atoms with Crippen molar-refractivity contribution in [1.29, 1.82) is 0 Å². The van der Waals surface area contributed by atoms with Crippen LogP contribution in [0.25, 0.3) is 52.5 Å². The summed E-state index contributed by atoms with van der Waals surface area (Å²) in [6, 6.07) is 70.4. The van der Waals surface area contributed by atoms with E-state index in [-0.39, 0.29) is 0 Å². The summed E-state index contributed by atoms with van der Waals surface area (Å²) >= 11 is 1.88. The monoisotopic (exact) mass is 668 g/mol. The predicted octanol–water partition coefficient (Wildman–Crippen LogP) is 14.5. The fraction of sp³-hybridized carbons (Fsp3) is 0. The Hall–Kier alpha value is -6.42. The number of hydrogen-bond donors (Lipinski definition) is 0. The molecule has 0 spiro atoms. The van der Waals surface area contributed by atoms with Crippen molar-refractivity contribution in [3.8, 4) is 0 Å². The summed E-state index contributed by atoms with van der Waals surface area (Å²) in [6.45, 7) is 0. The standard InChI is InChI=1S/C48H32N2S/c1-3-20-36(21-4-1)49(44-27-13-18-33-15-7-10-24-39(33)44)38-29-30-46-42(32-38)43-31-35-17-9-12-26-41(35)47(48(43)51-46)50(37-22-5-2-6-23-37)45-28-14-19-34-16-8-11-25-40(34)45/h1-32H. The SMILES string of the molecule is c1ccc(N(c2ccc3sc4c(N(c5ccccc5)c5cccc6ccccc56)c5ccccc5cc4c3c2)c2cccc3ccccc23)cc1. The Morgan fingerprint density at radius 3 is 1.47 bits per heavy atom. The summed E-state index contributed by atoms with van der Waals surface area (Å²) in [4.78, 5) is 4.88. The smallest absolute Gasteiger partial charge is 0.0718 e. The van der Waals surface area contributed by atoms with Crippen LogP contribution < -0.4 is 9.80 Å². The Morgan fingerprint density at radius 2 is 0.824 bits per heavy atom. The number of benzene rings is 9. The van der Waals surface area contributed by atoms with Crippen LogP contribution in [0.1, 0.15) is 0 Å². The molecular weight excluding hydrogens is 637 g/mol. The van der Waals surface area contributed by atoms with Gasteiger partial charge < -0.3 is 9.80 Å². The number of nitrogens with zero attached hydrogens (tertiary/aromatic N) is 2. The second-order valence-corrected chi connectivity index (χ2v) is 14.0. The lowest BCUT2D eigenvalue weighted by Crippen LogP contribution is -2.11. The molecule has 0 saturated heterocycles. The van der Waals surface area contributed by atoms with Crippen molar-refractivity contribution in [1.82, 2.24) is 0 Å². The largest absolute Gasteiger partial charge is 0.310 e. The van der Waals surface area contributed by atoms with Crippen LogP contribution in [-0.2, 0) is 0 Å². The molecule has 0 radical (unpaired) electrons. The molecule has 0 N–H and O–H groups in total. The van der Waals surface area contributed by atoms with Gasteiger partial charge in [-0.3, -0.25) is 0 Å². The third-order valence-corrected chi connectivity index (χ3v) is 11.2. The van der Waals surface area contributed by atoms with Crippen LogP contribution in [0.4, 0.5) is 34.1 Å². The molecular formula is C48H32N2S. The van der Waals surface area contributed by atoms with Crippen molar-refractivity contribution in [2.75, 3.05) is 9.80 Å². The molecule has 1 heterocycles. The molecule has 0 atom stereocenters. The van der Waals surface area contributed by atoms with Gasteiger partial charge in [0.05, 0.1) is 21.8 Å². The molecule has 0 aliphatic carbocycles. The summed E-state index contributed by atoms with van der Waals surface area (Å²) in [5.74, 6) is 0. The summed E-state index contributed by atoms with van der Waals surface area (Å²) in [5.41, 5.74) is 6.94. The van der Waals surface area contributed by atoms with E-state index in [2.05, 4.69) is 204 Å². The Labute approximate surface area is 300 Å². The molecule has 51 heavy (non-hydrogen) atoms. The van der Waals surface area contributed by atoms with Crippen molar-refractivity contribution in [2.45, 2.75) is 0 Å². The third-order valence-electron chi connectivity index (χ3n) is 9.97. The number of fused-ring (bicyclic) bond motifs is 6. The van der Waals surface area contributed by atoms with E-state index in [0.717, 1.165) is 22.7 Å². The van der Waals surface area contributed by atoms with E-state index in [1.54, 1.807) is 0 Å². The first-order valence-electron chi connectivity index (χ1n) is 17.4. The van der Waals surface area contributed by atoms with Gasteiger partial charge >= 0.3 is 0 Å². The molecule has 10 aromatic rings. The Morgan fingerprint density at radius 1 is 0.314 bits per heavy atom. The van der Waals surface area contributed by atoms with Crippen molar-refractivity contribution < 1.29 is 0 Å². The number of rotatable bonds is 6. The number of hydrogen-bond acceptors (Lipinski definition) is 3. The third kappa shape index (κ3) is 4.93. The molecule has 0 aliphatic rings. The normalized spacial score (nSPS) is 11.5. The van der Waals surface area contributed by atoms with Crippen molar-refractivity contribution in [2.24, 2.45) is 0 Å². The Kier molecular flexibility index (Phi) is 7.04. The van der Waals surface area contributed by atoms with Gasteiger partial charge in [-0.05, 0) is 76.8 Å². The summed E-state index contributed by atoms with van der Waals surface area (Å²) in [5, 5.41) is 9.87. The fourth-order valence-electron chi connectivity index (χ4n) is 7.68. The van der Waals surface area contributed by atoms with Crippen molar-refractivity contribution >= 4 is 98.0 Å². The molecule has 0 unspecified atom stereocenters. The molecule has 0 aliphatic heterocycles. The molecule has 9 aromatic carbocycles. The Balaban J connectivity index is 1.27. The van der Waals surface area contributed by atoms with Crippen molar-refractivity contribution in [3.05, 3.63) is 194 Å². The molecule has 2 nitrogen and oxygen atoms in total. The van der Waals surface area contributed by atoms with E-state index in [4.69, 9.17) is 0 Å². The predicted molar refractivity (Wildman–Crippen MR) is 221 cm³/mol. The first-order chi connectivity index (χ1) is 25.3. The minimum Gasteiger partial charge on any atom is -0.310 e. The van der Waals surface area contributed by atoms with Gasteiger partial charge in [0.15, 0.2) is 0 Å². The van der Waals surface area contributed by atoms with Gasteiger partial charge in [0.25, 0.3) is 0 Å². The molecule has 240 valence electrons. The zero-order valence-corrected chi connectivity index (χ0v) is 28.6. The molecule has 0 amide bonds. The summed E-state index contributed by atoms with van der Waals surface area (Å²) in [7, 11) is 0. The van der Waals surface area contributed by atoms with E-state index in [1.165, 1.54) is 63.9 Å². The number of para-hydroxylation sites is 2. The molecule has 3 heteroatoms. The minimum atomic E-state index is 1.13. The second-order valence-electron chi connectivity index (χ2n) is 12.9. The highest BCUT2D eigenvalue weighted by atomic mass is 32.1. The van der Waals surface area contributed by atoms with Crippen LogP contribution in [0.3, 0.4) is 0 Å². The van der Waals surface area contributed by atoms with E-state index in [0.29, 0.717) is 0 Å². The lowest BCUT2D eigenvalue weighted by molar-refractivity contribution is 1.30. The Bertz CT molecular complexity index is 2870. The maximum atomic E-state index is 2.48. The average Bonchev–Trinajstić information content (AvgIpc) is 3.56. The van der Waals surface area contributed by atoms with Gasteiger partial charge in [-0.1, -0.05) is 133 Å². The maximum absolute atomic E-state index is 2.48. The first-order valence-corrected chi connectivity index (χ1v) is 18.2. The molecule has 0 fully saturated rings. The molecule has 0 saturated carbocycles. The van der Waals surface area contributed by atoms with Gasteiger partial charge in [0.2, 0.25) is 0 Å². The van der Waals surface area contributed by atoms with E-state index in [1.807, 2.05) is 11.3 Å². The zero-order valence-electron chi connectivity index (χ0n) is 27.8. The van der Waals surface area contributed by atoms with E-state index < -0.39 is 0 Å². The number of anilines is 6. The second kappa shape index (κ2) is 12.2. The quantitative estimate of drug-likeness (QED) is 0.174. The lowest BCUT2D eigenvalue weighted by atomic mass is 10.0.